The van der Waals surface area contributed by atoms with E-state index in [1.165, 1.54) is 30.0 Å². The number of esters is 1. The summed E-state index contributed by atoms with van der Waals surface area (Å²) in [5, 5.41) is 13.0. The second-order valence-corrected chi connectivity index (χ2v) is 9.10. The predicted octanol–water partition coefficient (Wildman–Crippen LogP) is 5.12. The maximum atomic E-state index is 13.0. The molecular weight excluding hydrogens is 494 g/mol. The predicted molar refractivity (Wildman–Crippen MR) is 142 cm³/mol. The zero-order chi connectivity index (χ0) is 26.2. The third-order valence-electron chi connectivity index (χ3n) is 5.46. The van der Waals surface area contributed by atoms with Crippen LogP contribution in [0.4, 0.5) is 4.79 Å². The lowest BCUT2D eigenvalue weighted by Crippen LogP contribution is -2.43. The SMILES string of the molecule is CSCC[C@@H](NC(=O)OCc1ccccc1)C(=O)Oc1cc(O)c2c(=O)cc(-c3ccccc3)oc2c1. The molecule has 0 fully saturated rings. The molecular formula is C28H25NO7S. The molecule has 3 aromatic carbocycles. The van der Waals surface area contributed by atoms with E-state index in [0.717, 1.165) is 5.56 Å². The molecule has 2 N–H and O–H groups in total. The van der Waals surface area contributed by atoms with Gasteiger partial charge in [0.1, 0.15) is 40.9 Å². The number of alkyl carbamates (subject to hydrolysis) is 1. The van der Waals surface area contributed by atoms with Crippen LogP contribution in [-0.4, -0.2) is 35.2 Å². The smallest absolute Gasteiger partial charge is 0.408 e. The van der Waals surface area contributed by atoms with Gasteiger partial charge in [-0.15, -0.1) is 0 Å². The molecule has 0 unspecified atom stereocenters. The van der Waals surface area contributed by atoms with Crippen molar-refractivity contribution in [2.45, 2.75) is 19.1 Å². The van der Waals surface area contributed by atoms with Gasteiger partial charge in [-0.25, -0.2) is 9.59 Å². The maximum absolute atomic E-state index is 13.0. The van der Waals surface area contributed by atoms with E-state index in [0.29, 0.717) is 23.5 Å². The van der Waals surface area contributed by atoms with Gasteiger partial charge < -0.3 is 24.3 Å². The minimum Gasteiger partial charge on any atom is -0.507 e. The lowest BCUT2D eigenvalue weighted by atomic mass is 10.1. The number of rotatable bonds is 9. The Bertz CT molecular complexity index is 1440. The second kappa shape index (κ2) is 12.1. The van der Waals surface area contributed by atoms with Crippen molar-refractivity contribution in [2.24, 2.45) is 0 Å². The molecule has 0 saturated heterocycles. The highest BCUT2D eigenvalue weighted by atomic mass is 32.2. The summed E-state index contributed by atoms with van der Waals surface area (Å²) in [7, 11) is 0. The molecule has 1 aromatic heterocycles. The maximum Gasteiger partial charge on any atom is 0.408 e. The van der Waals surface area contributed by atoms with Crippen molar-refractivity contribution in [1.82, 2.24) is 5.32 Å². The van der Waals surface area contributed by atoms with Gasteiger partial charge in [-0.1, -0.05) is 60.7 Å². The van der Waals surface area contributed by atoms with E-state index in [2.05, 4.69) is 5.32 Å². The number of aromatic hydroxyl groups is 1. The highest BCUT2D eigenvalue weighted by Crippen LogP contribution is 2.31. The van der Waals surface area contributed by atoms with Crippen LogP contribution in [0.25, 0.3) is 22.3 Å². The molecule has 37 heavy (non-hydrogen) atoms. The molecule has 4 aromatic rings. The molecule has 190 valence electrons. The van der Waals surface area contributed by atoms with Crippen LogP contribution in [-0.2, 0) is 16.1 Å². The first kappa shape index (κ1) is 25.8. The molecule has 1 atom stereocenters. The summed E-state index contributed by atoms with van der Waals surface area (Å²) in [6.45, 7) is 0.0539. The Kier molecular flexibility index (Phi) is 8.48. The van der Waals surface area contributed by atoms with Crippen molar-refractivity contribution in [2.75, 3.05) is 12.0 Å². The van der Waals surface area contributed by atoms with Crippen LogP contribution in [0.1, 0.15) is 12.0 Å². The molecule has 0 spiro atoms. The van der Waals surface area contributed by atoms with Crippen LogP contribution in [0.3, 0.4) is 0 Å². The molecule has 1 amide bonds. The van der Waals surface area contributed by atoms with E-state index in [1.54, 1.807) is 12.1 Å². The number of ether oxygens (including phenoxy) is 2. The number of fused-ring (bicyclic) bond motifs is 1. The zero-order valence-electron chi connectivity index (χ0n) is 20.0. The van der Waals surface area contributed by atoms with Crippen LogP contribution < -0.4 is 15.5 Å². The average Bonchev–Trinajstić information content (AvgIpc) is 2.90. The molecule has 8 nitrogen and oxygen atoms in total. The van der Waals surface area contributed by atoms with Gasteiger partial charge in [-0.05, 0) is 24.0 Å². The third kappa shape index (κ3) is 6.71. The molecule has 9 heteroatoms. The first-order chi connectivity index (χ1) is 17.9. The molecule has 0 saturated carbocycles. The molecule has 0 aliphatic rings. The summed E-state index contributed by atoms with van der Waals surface area (Å²) in [5.74, 6) is -0.272. The van der Waals surface area contributed by atoms with Gasteiger partial charge in [-0.2, -0.15) is 11.8 Å². The second-order valence-electron chi connectivity index (χ2n) is 8.12. The van der Waals surface area contributed by atoms with Crippen LogP contribution in [0.15, 0.2) is 88.1 Å². The number of phenols is 1. The number of phenolic OH excluding ortho intramolecular Hbond substituents is 1. The van der Waals surface area contributed by atoms with Crippen molar-refractivity contribution in [1.29, 1.82) is 0 Å². The lowest BCUT2D eigenvalue weighted by Gasteiger charge is -2.17. The summed E-state index contributed by atoms with van der Waals surface area (Å²) in [6.07, 6.45) is 1.42. The zero-order valence-corrected chi connectivity index (χ0v) is 20.8. The first-order valence-electron chi connectivity index (χ1n) is 11.5. The van der Waals surface area contributed by atoms with Gasteiger partial charge in [0.25, 0.3) is 0 Å². The fraction of sp³-hybridized carbons (Fsp3) is 0.179. The Morgan fingerprint density at radius 1 is 1.03 bits per heavy atom. The van der Waals surface area contributed by atoms with Crippen molar-refractivity contribution < 1.29 is 28.6 Å². The summed E-state index contributed by atoms with van der Waals surface area (Å²) in [4.78, 5) is 38.0. The number of thioether (sulfide) groups is 1. The van der Waals surface area contributed by atoms with E-state index >= 15 is 0 Å². The van der Waals surface area contributed by atoms with E-state index in [-0.39, 0.29) is 29.1 Å². The number of benzene rings is 3. The Hall–Kier alpha value is -4.24. The standard InChI is InChI=1S/C28H25NO7S/c1-37-13-12-21(29-28(33)34-17-18-8-4-2-5-9-18)27(32)35-20-14-22(30)26-23(31)16-24(36-25(26)15-20)19-10-6-3-7-11-19/h2-11,14-16,21,30H,12-13,17H2,1H3,(H,29,33)/t21-/m1/s1. The van der Waals surface area contributed by atoms with Crippen LogP contribution in [0, 0.1) is 0 Å². The number of hydrogen-bond acceptors (Lipinski definition) is 8. The summed E-state index contributed by atoms with van der Waals surface area (Å²) < 4.78 is 16.6. The van der Waals surface area contributed by atoms with E-state index in [1.807, 2.05) is 54.8 Å². The number of carbonyl (C=O) groups excluding carboxylic acids is 2. The van der Waals surface area contributed by atoms with Gasteiger partial charge in [0.15, 0.2) is 5.43 Å². The van der Waals surface area contributed by atoms with E-state index in [4.69, 9.17) is 13.9 Å². The van der Waals surface area contributed by atoms with Crippen molar-refractivity contribution >= 4 is 34.8 Å². The molecule has 4 rings (SSSR count). The summed E-state index contributed by atoms with van der Waals surface area (Å²) in [5.41, 5.74) is 1.11. The number of amides is 1. The number of carbonyl (C=O) groups is 2. The molecule has 1 heterocycles. The van der Waals surface area contributed by atoms with Gasteiger partial charge in [0, 0.05) is 23.8 Å². The molecule has 0 bridgehead atoms. The topological polar surface area (TPSA) is 115 Å². The molecule has 0 aliphatic carbocycles. The van der Waals surface area contributed by atoms with Crippen molar-refractivity contribution in [3.05, 3.63) is 94.6 Å². The Labute approximate surface area is 217 Å². The summed E-state index contributed by atoms with van der Waals surface area (Å²) >= 11 is 1.51. The van der Waals surface area contributed by atoms with E-state index in [9.17, 15) is 19.5 Å². The van der Waals surface area contributed by atoms with Crippen LogP contribution in [0.2, 0.25) is 0 Å². The highest BCUT2D eigenvalue weighted by Gasteiger charge is 2.24. The largest absolute Gasteiger partial charge is 0.507 e. The van der Waals surface area contributed by atoms with Gasteiger partial charge in [-0.3, -0.25) is 4.79 Å². The van der Waals surface area contributed by atoms with Crippen LogP contribution >= 0.6 is 11.8 Å². The first-order valence-corrected chi connectivity index (χ1v) is 12.9. The fourth-order valence-electron chi connectivity index (χ4n) is 3.63. The minimum absolute atomic E-state index is 0.0268. The Morgan fingerprint density at radius 2 is 1.73 bits per heavy atom. The summed E-state index contributed by atoms with van der Waals surface area (Å²) in [6, 6.07) is 21.0. The fourth-order valence-corrected chi connectivity index (χ4v) is 4.10. The van der Waals surface area contributed by atoms with Gasteiger partial charge >= 0.3 is 12.1 Å². The third-order valence-corrected chi connectivity index (χ3v) is 6.10. The molecule has 0 aliphatic heterocycles. The minimum atomic E-state index is -0.990. The van der Waals surface area contributed by atoms with Crippen LogP contribution in [0.5, 0.6) is 11.5 Å². The van der Waals surface area contributed by atoms with Gasteiger partial charge in [0.05, 0.1) is 0 Å². The number of nitrogens with one attached hydrogen (secondary N) is 1. The Balaban J connectivity index is 1.52. The quantitative estimate of drug-likeness (QED) is 0.231. The van der Waals surface area contributed by atoms with E-state index < -0.39 is 23.5 Å². The lowest BCUT2D eigenvalue weighted by molar-refractivity contribution is -0.136. The van der Waals surface area contributed by atoms with Gasteiger partial charge in [0.2, 0.25) is 0 Å². The monoisotopic (exact) mass is 519 g/mol. The van der Waals surface area contributed by atoms with Crippen molar-refractivity contribution in [3.8, 4) is 22.8 Å². The van der Waals surface area contributed by atoms with Crippen molar-refractivity contribution in [3.63, 3.8) is 0 Å². The Morgan fingerprint density at radius 3 is 2.43 bits per heavy atom. The molecule has 0 radical (unpaired) electrons. The number of hydrogen-bond donors (Lipinski definition) is 2. The average molecular weight is 520 g/mol. The highest BCUT2D eigenvalue weighted by molar-refractivity contribution is 7.98. The normalized spacial score (nSPS) is 11.6.